The lowest BCUT2D eigenvalue weighted by Crippen LogP contribution is -2.43. The fourth-order valence-electron chi connectivity index (χ4n) is 4.30. The molecular formula is C15H23N3O3. The van der Waals surface area contributed by atoms with Crippen LogP contribution in [0.5, 0.6) is 5.88 Å². The van der Waals surface area contributed by atoms with Crippen molar-refractivity contribution in [3.63, 3.8) is 0 Å². The van der Waals surface area contributed by atoms with Crippen LogP contribution in [0.4, 0.5) is 0 Å². The summed E-state index contributed by atoms with van der Waals surface area (Å²) in [6.07, 6.45) is 3.27. The molecular weight excluding hydrogens is 270 g/mol. The van der Waals surface area contributed by atoms with Gasteiger partial charge in [-0.2, -0.15) is 5.10 Å². The molecule has 0 aromatic carbocycles. The molecule has 1 heterocycles. The molecule has 4 atom stereocenters. The summed E-state index contributed by atoms with van der Waals surface area (Å²) >= 11 is 0. The third kappa shape index (κ3) is 2.31. The Morgan fingerprint density at radius 2 is 2.19 bits per heavy atom. The minimum atomic E-state index is -0.658. The van der Waals surface area contributed by atoms with Gasteiger partial charge < -0.3 is 15.2 Å². The number of hydrogen-bond acceptors (Lipinski definition) is 4. The zero-order chi connectivity index (χ0) is 15.1. The average Bonchev–Trinajstić information content (AvgIpc) is 3.09. The number of carboxylic acids is 1. The fraction of sp³-hybridized carbons (Fsp3) is 0.733. The van der Waals surface area contributed by atoms with Gasteiger partial charge in [0.05, 0.1) is 24.3 Å². The van der Waals surface area contributed by atoms with E-state index in [0.717, 1.165) is 36.4 Å². The third-order valence-electron chi connectivity index (χ3n) is 5.20. The molecule has 0 spiro atoms. The van der Waals surface area contributed by atoms with E-state index in [0.29, 0.717) is 18.4 Å². The Balaban J connectivity index is 1.74. The number of carbonyl (C=O) groups is 1. The van der Waals surface area contributed by atoms with E-state index in [1.165, 1.54) is 0 Å². The molecule has 2 N–H and O–H groups in total. The number of nitrogens with one attached hydrogen (secondary N) is 1. The smallest absolute Gasteiger partial charge is 0.308 e. The molecule has 1 aromatic rings. The van der Waals surface area contributed by atoms with Gasteiger partial charge in [-0.3, -0.25) is 4.79 Å². The van der Waals surface area contributed by atoms with Crippen molar-refractivity contribution in [3.05, 3.63) is 11.3 Å². The van der Waals surface area contributed by atoms with Gasteiger partial charge in [0.25, 0.3) is 0 Å². The van der Waals surface area contributed by atoms with E-state index in [2.05, 4.69) is 10.4 Å². The summed E-state index contributed by atoms with van der Waals surface area (Å²) < 4.78 is 7.12. The lowest BCUT2D eigenvalue weighted by molar-refractivity contribution is -0.144. The maximum atomic E-state index is 11.5. The quantitative estimate of drug-likeness (QED) is 0.856. The Morgan fingerprint density at radius 1 is 1.48 bits per heavy atom. The molecule has 1 aromatic heterocycles. The Hall–Kier alpha value is -1.56. The van der Waals surface area contributed by atoms with Gasteiger partial charge in [-0.15, -0.1) is 0 Å². The first-order valence-corrected chi connectivity index (χ1v) is 7.55. The van der Waals surface area contributed by atoms with Crippen molar-refractivity contribution in [2.24, 2.45) is 24.8 Å². The summed E-state index contributed by atoms with van der Waals surface area (Å²) in [7, 11) is 3.49. The van der Waals surface area contributed by atoms with E-state index in [-0.39, 0.29) is 12.0 Å². The van der Waals surface area contributed by atoms with Crippen molar-refractivity contribution in [1.29, 1.82) is 0 Å². The van der Waals surface area contributed by atoms with E-state index >= 15 is 0 Å². The molecule has 6 nitrogen and oxygen atoms in total. The molecule has 2 saturated carbocycles. The summed E-state index contributed by atoms with van der Waals surface area (Å²) in [6.45, 7) is 2.57. The molecule has 0 saturated heterocycles. The van der Waals surface area contributed by atoms with E-state index in [1.54, 1.807) is 11.8 Å². The van der Waals surface area contributed by atoms with Crippen LogP contribution in [-0.2, 0) is 18.4 Å². The van der Waals surface area contributed by atoms with Gasteiger partial charge in [0.15, 0.2) is 0 Å². The maximum Gasteiger partial charge on any atom is 0.308 e. The molecule has 116 valence electrons. The molecule has 6 heteroatoms. The first kappa shape index (κ1) is 14.4. The van der Waals surface area contributed by atoms with Crippen LogP contribution in [0.3, 0.4) is 0 Å². The predicted octanol–water partition coefficient (Wildman–Crippen LogP) is 1.33. The summed E-state index contributed by atoms with van der Waals surface area (Å²) in [6, 6.07) is 0.0746. The Morgan fingerprint density at radius 3 is 2.86 bits per heavy atom. The van der Waals surface area contributed by atoms with Crippen LogP contribution in [0.2, 0.25) is 0 Å². The lowest BCUT2D eigenvalue weighted by atomic mass is 9.84. The number of nitrogens with zero attached hydrogens (tertiary/aromatic N) is 2. The van der Waals surface area contributed by atoms with Crippen molar-refractivity contribution in [2.75, 3.05) is 7.11 Å². The molecule has 2 aliphatic rings. The highest BCUT2D eigenvalue weighted by Crippen LogP contribution is 2.48. The van der Waals surface area contributed by atoms with Gasteiger partial charge in [-0.1, -0.05) is 0 Å². The number of hydrogen-bond donors (Lipinski definition) is 2. The van der Waals surface area contributed by atoms with Crippen molar-refractivity contribution >= 4 is 5.97 Å². The van der Waals surface area contributed by atoms with Crippen LogP contribution < -0.4 is 10.1 Å². The second-order valence-corrected chi connectivity index (χ2v) is 6.30. The molecule has 4 unspecified atom stereocenters. The third-order valence-corrected chi connectivity index (χ3v) is 5.20. The second-order valence-electron chi connectivity index (χ2n) is 6.30. The topological polar surface area (TPSA) is 76.4 Å². The number of fused-ring (bicyclic) bond motifs is 2. The van der Waals surface area contributed by atoms with Crippen molar-refractivity contribution in [3.8, 4) is 5.88 Å². The lowest BCUT2D eigenvalue weighted by Gasteiger charge is -2.29. The molecule has 2 bridgehead atoms. The van der Waals surface area contributed by atoms with Crippen LogP contribution in [0, 0.1) is 24.7 Å². The molecule has 0 amide bonds. The van der Waals surface area contributed by atoms with Gasteiger partial charge in [0.2, 0.25) is 5.88 Å². The summed E-state index contributed by atoms with van der Waals surface area (Å²) in [5.41, 5.74) is 1.95. The standard InChI is InChI=1S/C15H23N3O3/c1-8-11(14(21-3)18(2)17-8)7-16-13-10-5-4-9(6-10)12(13)15(19)20/h9-10,12-13,16H,4-7H2,1-3H3,(H,19,20). The number of aromatic nitrogens is 2. The second kappa shape index (κ2) is 5.33. The summed E-state index contributed by atoms with van der Waals surface area (Å²) in [5.74, 6) is 0.692. The minimum Gasteiger partial charge on any atom is -0.481 e. The predicted molar refractivity (Wildman–Crippen MR) is 77.1 cm³/mol. The highest BCUT2D eigenvalue weighted by Gasteiger charge is 2.50. The number of rotatable bonds is 5. The van der Waals surface area contributed by atoms with Gasteiger partial charge in [0.1, 0.15) is 0 Å². The number of methoxy groups -OCH3 is 1. The molecule has 2 aliphatic carbocycles. The van der Waals surface area contributed by atoms with Crippen LogP contribution in [-0.4, -0.2) is 34.0 Å². The van der Waals surface area contributed by atoms with Crippen LogP contribution in [0.15, 0.2) is 0 Å². The van der Waals surface area contributed by atoms with Gasteiger partial charge >= 0.3 is 5.97 Å². The van der Waals surface area contributed by atoms with E-state index in [9.17, 15) is 9.90 Å². The van der Waals surface area contributed by atoms with E-state index in [4.69, 9.17) is 4.74 Å². The first-order chi connectivity index (χ1) is 10.0. The molecule has 3 rings (SSSR count). The summed E-state index contributed by atoms with van der Waals surface area (Å²) in [5, 5.41) is 17.3. The van der Waals surface area contributed by atoms with E-state index < -0.39 is 5.97 Å². The van der Waals surface area contributed by atoms with Crippen molar-refractivity contribution in [1.82, 2.24) is 15.1 Å². The largest absolute Gasteiger partial charge is 0.481 e. The Labute approximate surface area is 124 Å². The molecule has 2 fully saturated rings. The average molecular weight is 293 g/mol. The first-order valence-electron chi connectivity index (χ1n) is 7.55. The van der Waals surface area contributed by atoms with Crippen molar-refractivity contribution < 1.29 is 14.6 Å². The Kier molecular flexibility index (Phi) is 3.65. The Bertz CT molecular complexity index is 555. The normalized spacial score (nSPS) is 30.8. The maximum absolute atomic E-state index is 11.5. The molecule has 21 heavy (non-hydrogen) atoms. The van der Waals surface area contributed by atoms with Gasteiger partial charge in [0, 0.05) is 19.6 Å². The van der Waals surface area contributed by atoms with E-state index in [1.807, 2.05) is 14.0 Å². The summed E-state index contributed by atoms with van der Waals surface area (Å²) in [4.78, 5) is 11.5. The zero-order valence-corrected chi connectivity index (χ0v) is 12.8. The monoisotopic (exact) mass is 293 g/mol. The van der Waals surface area contributed by atoms with Crippen LogP contribution >= 0.6 is 0 Å². The molecule has 0 aliphatic heterocycles. The fourth-order valence-corrected chi connectivity index (χ4v) is 4.30. The van der Waals surface area contributed by atoms with Crippen LogP contribution in [0.25, 0.3) is 0 Å². The SMILES string of the molecule is COc1c(CNC2C3CCC(C3)C2C(=O)O)c(C)nn1C. The van der Waals surface area contributed by atoms with Crippen LogP contribution in [0.1, 0.15) is 30.5 Å². The highest BCUT2D eigenvalue weighted by molar-refractivity contribution is 5.72. The number of carboxylic acid groups (broad SMARTS) is 1. The van der Waals surface area contributed by atoms with Gasteiger partial charge in [-0.05, 0) is 38.0 Å². The van der Waals surface area contributed by atoms with Gasteiger partial charge in [-0.25, -0.2) is 4.68 Å². The molecule has 0 radical (unpaired) electrons. The van der Waals surface area contributed by atoms with Crippen molar-refractivity contribution in [2.45, 2.75) is 38.8 Å². The number of ether oxygens (including phenoxy) is 1. The minimum absolute atomic E-state index is 0.0746. The number of aryl methyl sites for hydroxylation is 2. The number of aliphatic carboxylic acids is 1. The highest BCUT2D eigenvalue weighted by atomic mass is 16.5. The zero-order valence-electron chi connectivity index (χ0n) is 12.8.